The molecular formula is C13H13N3O. The second-order valence-corrected chi connectivity index (χ2v) is 3.52. The van der Waals surface area contributed by atoms with Crippen LogP contribution in [0, 0.1) is 0 Å². The number of carbonyl (C=O) groups excluding carboxylic acids is 1. The minimum atomic E-state index is -0.182. The molecule has 2 rings (SSSR count). The number of hydrogen-bond donors (Lipinski definition) is 2. The Balaban J connectivity index is 2.14. The van der Waals surface area contributed by atoms with Crippen LogP contribution >= 0.6 is 0 Å². The van der Waals surface area contributed by atoms with E-state index in [0.29, 0.717) is 5.82 Å². The van der Waals surface area contributed by atoms with Crippen LogP contribution in [0.25, 0.3) is 11.3 Å². The number of nitrogens with zero attached hydrogens (tertiary/aromatic N) is 1. The summed E-state index contributed by atoms with van der Waals surface area (Å²) in [7, 11) is 0. The highest BCUT2D eigenvalue weighted by atomic mass is 16.1. The van der Waals surface area contributed by atoms with Crippen LogP contribution in [0.1, 0.15) is 6.92 Å². The van der Waals surface area contributed by atoms with Crippen molar-refractivity contribution in [2.45, 2.75) is 6.92 Å². The monoisotopic (exact) mass is 227 g/mol. The van der Waals surface area contributed by atoms with Crippen LogP contribution in [-0.2, 0) is 4.79 Å². The number of aromatic amines is 1. The van der Waals surface area contributed by atoms with Crippen LogP contribution in [0.15, 0.2) is 48.6 Å². The number of nitrogens with one attached hydrogen (secondary N) is 2. The predicted octanol–water partition coefficient (Wildman–Crippen LogP) is 2.59. The minimum Gasteiger partial charge on any atom is -0.306 e. The van der Waals surface area contributed by atoms with Gasteiger partial charge in [-0.2, -0.15) is 5.10 Å². The van der Waals surface area contributed by atoms with Gasteiger partial charge in [-0.15, -0.1) is 0 Å². The van der Waals surface area contributed by atoms with Gasteiger partial charge in [0.2, 0.25) is 5.91 Å². The largest absolute Gasteiger partial charge is 0.306 e. The van der Waals surface area contributed by atoms with Crippen molar-refractivity contribution in [3.8, 4) is 11.3 Å². The number of carbonyl (C=O) groups is 1. The number of benzene rings is 1. The maximum atomic E-state index is 11.3. The second kappa shape index (κ2) is 5.12. The molecule has 0 atom stereocenters. The molecule has 0 bridgehead atoms. The fourth-order valence-electron chi connectivity index (χ4n) is 1.47. The molecule has 0 fully saturated rings. The highest BCUT2D eigenvalue weighted by molar-refractivity contribution is 5.98. The number of aromatic nitrogens is 2. The molecule has 1 aromatic carbocycles. The van der Waals surface area contributed by atoms with Gasteiger partial charge >= 0.3 is 0 Å². The lowest BCUT2D eigenvalue weighted by Crippen LogP contribution is -2.07. The standard InChI is InChI=1S/C13H13N3O/c1-2-6-13(17)14-12-9-11(15-16-12)10-7-4-3-5-8-10/h2-9H,1H3,(H2,14,15,16,17)/b6-2+. The van der Waals surface area contributed by atoms with Gasteiger partial charge in [0.1, 0.15) is 0 Å². The Kier molecular flexibility index (Phi) is 3.35. The first-order valence-corrected chi connectivity index (χ1v) is 5.34. The van der Waals surface area contributed by atoms with Crippen LogP contribution in [0.5, 0.6) is 0 Å². The summed E-state index contributed by atoms with van der Waals surface area (Å²) in [5, 5.41) is 9.57. The first-order valence-electron chi connectivity index (χ1n) is 5.34. The van der Waals surface area contributed by atoms with Crippen molar-refractivity contribution < 1.29 is 4.79 Å². The average Bonchev–Trinajstić information content (AvgIpc) is 2.79. The summed E-state index contributed by atoms with van der Waals surface area (Å²) in [6.45, 7) is 1.79. The van der Waals surface area contributed by atoms with Crippen molar-refractivity contribution in [2.75, 3.05) is 5.32 Å². The fourth-order valence-corrected chi connectivity index (χ4v) is 1.47. The van der Waals surface area contributed by atoms with Crippen molar-refractivity contribution in [3.63, 3.8) is 0 Å². The summed E-state index contributed by atoms with van der Waals surface area (Å²) >= 11 is 0. The predicted molar refractivity (Wildman–Crippen MR) is 67.5 cm³/mol. The van der Waals surface area contributed by atoms with Crippen molar-refractivity contribution in [2.24, 2.45) is 0 Å². The molecule has 1 heterocycles. The van der Waals surface area contributed by atoms with Crippen LogP contribution in [-0.4, -0.2) is 16.1 Å². The van der Waals surface area contributed by atoms with Gasteiger partial charge in [-0.05, 0) is 18.6 Å². The Bertz CT molecular complexity index is 529. The fraction of sp³-hybridized carbons (Fsp3) is 0.0769. The summed E-state index contributed by atoms with van der Waals surface area (Å²) < 4.78 is 0. The van der Waals surface area contributed by atoms with E-state index < -0.39 is 0 Å². The van der Waals surface area contributed by atoms with Gasteiger partial charge in [-0.25, -0.2) is 0 Å². The van der Waals surface area contributed by atoms with E-state index in [1.165, 1.54) is 6.08 Å². The molecular weight excluding hydrogens is 214 g/mol. The molecule has 0 spiro atoms. The lowest BCUT2D eigenvalue weighted by molar-refractivity contribution is -0.111. The summed E-state index contributed by atoms with van der Waals surface area (Å²) in [5.74, 6) is 0.338. The first-order chi connectivity index (χ1) is 8.29. The van der Waals surface area contributed by atoms with E-state index in [0.717, 1.165) is 11.3 Å². The molecule has 0 radical (unpaired) electrons. The molecule has 0 saturated heterocycles. The van der Waals surface area contributed by atoms with Crippen LogP contribution in [0.4, 0.5) is 5.82 Å². The Morgan fingerprint density at radius 2 is 2.12 bits per heavy atom. The van der Waals surface area contributed by atoms with Gasteiger partial charge in [0.15, 0.2) is 5.82 Å². The molecule has 2 N–H and O–H groups in total. The Morgan fingerprint density at radius 1 is 1.35 bits per heavy atom. The molecule has 4 nitrogen and oxygen atoms in total. The third-order valence-corrected chi connectivity index (χ3v) is 2.23. The molecule has 0 unspecified atom stereocenters. The molecule has 1 amide bonds. The number of allylic oxidation sites excluding steroid dienone is 1. The quantitative estimate of drug-likeness (QED) is 0.792. The minimum absolute atomic E-state index is 0.182. The summed E-state index contributed by atoms with van der Waals surface area (Å²) in [6.07, 6.45) is 3.14. The van der Waals surface area contributed by atoms with Gasteiger partial charge in [-0.1, -0.05) is 36.4 Å². The zero-order valence-corrected chi connectivity index (χ0v) is 9.47. The van der Waals surface area contributed by atoms with Crippen LogP contribution < -0.4 is 5.32 Å². The van der Waals surface area contributed by atoms with Crippen molar-refractivity contribution >= 4 is 11.7 Å². The van der Waals surface area contributed by atoms with E-state index in [-0.39, 0.29) is 5.91 Å². The smallest absolute Gasteiger partial charge is 0.249 e. The topological polar surface area (TPSA) is 57.8 Å². The third-order valence-electron chi connectivity index (χ3n) is 2.23. The lowest BCUT2D eigenvalue weighted by atomic mass is 10.2. The van der Waals surface area contributed by atoms with Crippen LogP contribution in [0.3, 0.4) is 0 Å². The molecule has 0 aliphatic rings. The summed E-state index contributed by atoms with van der Waals surface area (Å²) in [5.41, 5.74) is 1.91. The second-order valence-electron chi connectivity index (χ2n) is 3.52. The number of amides is 1. The Labute approximate surface area is 99.4 Å². The molecule has 1 aromatic heterocycles. The van der Waals surface area contributed by atoms with E-state index in [4.69, 9.17) is 0 Å². The van der Waals surface area contributed by atoms with Crippen LogP contribution in [0.2, 0.25) is 0 Å². The zero-order valence-electron chi connectivity index (χ0n) is 9.47. The Morgan fingerprint density at radius 3 is 2.82 bits per heavy atom. The van der Waals surface area contributed by atoms with Crippen molar-refractivity contribution in [1.82, 2.24) is 10.2 Å². The van der Waals surface area contributed by atoms with Crippen molar-refractivity contribution in [3.05, 3.63) is 48.6 Å². The molecule has 4 heteroatoms. The molecule has 0 saturated carbocycles. The normalized spacial score (nSPS) is 10.6. The summed E-state index contributed by atoms with van der Waals surface area (Å²) in [6, 6.07) is 11.6. The van der Waals surface area contributed by atoms with Gasteiger partial charge in [0.05, 0.1) is 5.69 Å². The maximum absolute atomic E-state index is 11.3. The number of H-pyrrole nitrogens is 1. The van der Waals surface area contributed by atoms with Crippen molar-refractivity contribution in [1.29, 1.82) is 0 Å². The van der Waals surface area contributed by atoms with E-state index in [1.807, 2.05) is 30.3 Å². The highest BCUT2D eigenvalue weighted by Gasteiger charge is 2.04. The van der Waals surface area contributed by atoms with Gasteiger partial charge in [-0.3, -0.25) is 9.89 Å². The van der Waals surface area contributed by atoms with E-state index in [9.17, 15) is 4.79 Å². The summed E-state index contributed by atoms with van der Waals surface area (Å²) in [4.78, 5) is 11.3. The molecule has 17 heavy (non-hydrogen) atoms. The van der Waals surface area contributed by atoms with Gasteiger partial charge in [0.25, 0.3) is 0 Å². The Hall–Kier alpha value is -2.36. The average molecular weight is 227 g/mol. The molecule has 0 aliphatic heterocycles. The van der Waals surface area contributed by atoms with E-state index in [1.54, 1.807) is 19.1 Å². The van der Waals surface area contributed by atoms with Gasteiger partial charge < -0.3 is 5.32 Å². The number of anilines is 1. The lowest BCUT2D eigenvalue weighted by Gasteiger charge is -1.95. The molecule has 86 valence electrons. The van der Waals surface area contributed by atoms with Gasteiger partial charge in [0, 0.05) is 6.07 Å². The molecule has 0 aliphatic carbocycles. The highest BCUT2D eigenvalue weighted by Crippen LogP contribution is 2.18. The third kappa shape index (κ3) is 2.81. The number of rotatable bonds is 3. The SMILES string of the molecule is C/C=C/C(=O)Nc1cc(-c2ccccc2)[nH]n1. The van der Waals surface area contributed by atoms with E-state index in [2.05, 4.69) is 15.5 Å². The zero-order chi connectivity index (χ0) is 12.1. The molecule has 2 aromatic rings. The first kappa shape index (κ1) is 11.1. The number of hydrogen-bond acceptors (Lipinski definition) is 2. The van der Waals surface area contributed by atoms with E-state index >= 15 is 0 Å². The maximum Gasteiger partial charge on any atom is 0.249 e.